The van der Waals surface area contributed by atoms with Crippen molar-refractivity contribution in [2.45, 2.75) is 38.5 Å². The average molecular weight is 489 g/mol. The number of thiazole rings is 1. The zero-order chi connectivity index (χ0) is 24.5. The third-order valence-corrected chi connectivity index (χ3v) is 6.93. The van der Waals surface area contributed by atoms with Gasteiger partial charge in [0.15, 0.2) is 0 Å². The number of primary amides is 1. The second-order valence-electron chi connectivity index (χ2n) is 8.19. The van der Waals surface area contributed by atoms with Crippen molar-refractivity contribution in [3.05, 3.63) is 70.2 Å². The lowest BCUT2D eigenvalue weighted by atomic mass is 10.1. The van der Waals surface area contributed by atoms with E-state index in [2.05, 4.69) is 10.3 Å². The Morgan fingerprint density at radius 1 is 1.21 bits per heavy atom. The lowest BCUT2D eigenvalue weighted by Gasteiger charge is -2.22. The zero-order valence-electron chi connectivity index (χ0n) is 18.4. The number of hydrogen-bond acceptors (Lipinski definition) is 5. The summed E-state index contributed by atoms with van der Waals surface area (Å²) in [6, 6.07) is 11.8. The standard InChI is InChI=1S/C24H23F3N4O2S/c1-14-20(34-23(29-14)16-7-9-17(10-8-16)24(25,26)27)22(33)30-18-5-2-4-15(12-18)13-31-11-3-6-19(31)21(28)32/h2,4-5,7-10,12,19H,3,6,11,13H2,1H3,(H2,28,32)(H,30,33). The van der Waals surface area contributed by atoms with E-state index in [9.17, 15) is 22.8 Å². The number of aryl methyl sites for hydroxylation is 1. The smallest absolute Gasteiger partial charge is 0.368 e. The second kappa shape index (κ2) is 9.55. The Bertz CT molecular complexity index is 1210. The molecule has 3 N–H and O–H groups in total. The van der Waals surface area contributed by atoms with Crippen molar-refractivity contribution in [2.75, 3.05) is 11.9 Å². The Morgan fingerprint density at radius 2 is 1.94 bits per heavy atom. The molecule has 4 rings (SSSR count). The Kier molecular flexibility index (Phi) is 6.72. The number of carbonyl (C=O) groups excluding carboxylic acids is 2. The first-order valence-electron chi connectivity index (χ1n) is 10.7. The van der Waals surface area contributed by atoms with Crippen molar-refractivity contribution in [1.29, 1.82) is 0 Å². The van der Waals surface area contributed by atoms with Gasteiger partial charge in [0, 0.05) is 17.8 Å². The molecule has 1 aliphatic rings. The van der Waals surface area contributed by atoms with Gasteiger partial charge >= 0.3 is 6.18 Å². The van der Waals surface area contributed by atoms with Crippen LogP contribution in [0.25, 0.3) is 10.6 Å². The summed E-state index contributed by atoms with van der Waals surface area (Å²) in [6.07, 6.45) is -2.75. The maximum absolute atomic E-state index is 12.9. The molecule has 34 heavy (non-hydrogen) atoms. The molecule has 3 aromatic rings. The minimum atomic E-state index is -4.41. The van der Waals surface area contributed by atoms with Crippen LogP contribution in [0.4, 0.5) is 18.9 Å². The molecule has 0 saturated carbocycles. The highest BCUT2D eigenvalue weighted by Gasteiger charge is 2.30. The minimum Gasteiger partial charge on any atom is -0.368 e. The number of rotatable bonds is 6. The normalized spacial score (nSPS) is 16.5. The van der Waals surface area contributed by atoms with Crippen LogP contribution in [-0.4, -0.2) is 34.3 Å². The van der Waals surface area contributed by atoms with E-state index >= 15 is 0 Å². The summed E-state index contributed by atoms with van der Waals surface area (Å²) >= 11 is 1.12. The molecule has 0 bridgehead atoms. The van der Waals surface area contributed by atoms with Crippen LogP contribution in [0.15, 0.2) is 48.5 Å². The summed E-state index contributed by atoms with van der Waals surface area (Å²) in [6.45, 7) is 3.03. The quantitative estimate of drug-likeness (QED) is 0.520. The molecule has 1 fully saturated rings. The second-order valence-corrected chi connectivity index (χ2v) is 9.19. The summed E-state index contributed by atoms with van der Waals surface area (Å²) < 4.78 is 38.4. The summed E-state index contributed by atoms with van der Waals surface area (Å²) in [7, 11) is 0. The van der Waals surface area contributed by atoms with Gasteiger partial charge < -0.3 is 11.1 Å². The zero-order valence-corrected chi connectivity index (χ0v) is 19.2. The number of nitrogens with two attached hydrogens (primary N) is 1. The molecule has 1 saturated heterocycles. The van der Waals surface area contributed by atoms with Crippen molar-refractivity contribution in [2.24, 2.45) is 5.73 Å². The van der Waals surface area contributed by atoms with Gasteiger partial charge in [-0.25, -0.2) is 4.98 Å². The molecule has 2 amide bonds. The van der Waals surface area contributed by atoms with Crippen molar-refractivity contribution < 1.29 is 22.8 Å². The molecular weight excluding hydrogens is 465 g/mol. The van der Waals surface area contributed by atoms with Crippen LogP contribution in [-0.2, 0) is 17.5 Å². The fraction of sp³-hybridized carbons (Fsp3) is 0.292. The predicted molar refractivity (Wildman–Crippen MR) is 124 cm³/mol. The first kappa shape index (κ1) is 23.9. The fourth-order valence-electron chi connectivity index (χ4n) is 4.04. The number of carbonyl (C=O) groups is 2. The van der Waals surface area contributed by atoms with Crippen molar-refractivity contribution in [3.63, 3.8) is 0 Å². The highest BCUT2D eigenvalue weighted by molar-refractivity contribution is 7.17. The molecule has 10 heteroatoms. The Morgan fingerprint density at radius 3 is 2.62 bits per heavy atom. The van der Waals surface area contributed by atoms with E-state index in [0.29, 0.717) is 33.4 Å². The third kappa shape index (κ3) is 5.28. The largest absolute Gasteiger partial charge is 0.416 e. The average Bonchev–Trinajstić information content (AvgIpc) is 3.40. The van der Waals surface area contributed by atoms with E-state index in [-0.39, 0.29) is 17.9 Å². The van der Waals surface area contributed by atoms with Gasteiger partial charge in [-0.2, -0.15) is 13.2 Å². The number of alkyl halides is 3. The monoisotopic (exact) mass is 488 g/mol. The van der Waals surface area contributed by atoms with Crippen LogP contribution in [0.5, 0.6) is 0 Å². The Hall–Kier alpha value is -3.24. The number of anilines is 1. The number of likely N-dealkylation sites (tertiary alicyclic amines) is 1. The lowest BCUT2D eigenvalue weighted by molar-refractivity contribution is -0.137. The number of nitrogens with zero attached hydrogens (tertiary/aromatic N) is 2. The third-order valence-electron chi connectivity index (χ3n) is 5.72. The molecule has 6 nitrogen and oxygen atoms in total. The van der Waals surface area contributed by atoms with E-state index in [1.807, 2.05) is 23.1 Å². The molecule has 2 aromatic carbocycles. The summed E-state index contributed by atoms with van der Waals surface area (Å²) in [5.41, 5.74) is 7.30. The van der Waals surface area contributed by atoms with Gasteiger partial charge in [0.25, 0.3) is 5.91 Å². The van der Waals surface area contributed by atoms with Crippen LogP contribution in [0.2, 0.25) is 0 Å². The molecule has 0 spiro atoms. The molecule has 1 aliphatic heterocycles. The first-order chi connectivity index (χ1) is 16.1. The number of nitrogens with one attached hydrogen (secondary N) is 1. The van der Waals surface area contributed by atoms with E-state index in [1.165, 1.54) is 12.1 Å². The van der Waals surface area contributed by atoms with Gasteiger partial charge in [0.2, 0.25) is 5.91 Å². The molecule has 178 valence electrons. The van der Waals surface area contributed by atoms with Gasteiger partial charge in [-0.15, -0.1) is 11.3 Å². The number of amides is 2. The van der Waals surface area contributed by atoms with Crippen LogP contribution in [0.3, 0.4) is 0 Å². The summed E-state index contributed by atoms with van der Waals surface area (Å²) in [5.74, 6) is -0.673. The number of halogens is 3. The van der Waals surface area contributed by atoms with Gasteiger partial charge in [-0.1, -0.05) is 24.3 Å². The first-order valence-corrected chi connectivity index (χ1v) is 11.5. The molecule has 2 heterocycles. The van der Waals surface area contributed by atoms with Crippen molar-refractivity contribution in [3.8, 4) is 10.6 Å². The predicted octanol–water partition coefficient (Wildman–Crippen LogP) is 4.84. The van der Waals surface area contributed by atoms with Gasteiger partial charge in [-0.05, 0) is 56.1 Å². The van der Waals surface area contributed by atoms with Gasteiger partial charge in [0.05, 0.1) is 17.3 Å². The van der Waals surface area contributed by atoms with Crippen molar-refractivity contribution >= 4 is 28.8 Å². The molecule has 0 radical (unpaired) electrons. The number of aromatic nitrogens is 1. The van der Waals surface area contributed by atoms with Crippen LogP contribution < -0.4 is 11.1 Å². The summed E-state index contributed by atoms with van der Waals surface area (Å²) in [4.78, 5) is 31.3. The van der Waals surface area contributed by atoms with E-state index < -0.39 is 11.7 Å². The lowest BCUT2D eigenvalue weighted by Crippen LogP contribution is -2.39. The van der Waals surface area contributed by atoms with Gasteiger partial charge in [0.1, 0.15) is 9.88 Å². The SMILES string of the molecule is Cc1nc(-c2ccc(C(F)(F)F)cc2)sc1C(=O)Nc1cccc(CN2CCCC2C(N)=O)c1. The van der Waals surface area contributed by atoms with Gasteiger partial charge in [-0.3, -0.25) is 14.5 Å². The molecular formula is C24H23F3N4O2S. The molecule has 1 atom stereocenters. The maximum Gasteiger partial charge on any atom is 0.416 e. The minimum absolute atomic E-state index is 0.276. The van der Waals surface area contributed by atoms with E-state index in [4.69, 9.17) is 5.73 Å². The molecule has 1 aromatic heterocycles. The van der Waals surface area contributed by atoms with Crippen molar-refractivity contribution in [1.82, 2.24) is 9.88 Å². The molecule has 1 unspecified atom stereocenters. The summed E-state index contributed by atoms with van der Waals surface area (Å²) in [5, 5.41) is 3.33. The topological polar surface area (TPSA) is 88.3 Å². The highest BCUT2D eigenvalue weighted by atomic mass is 32.1. The fourth-order valence-corrected chi connectivity index (χ4v) is 5.01. The number of benzene rings is 2. The Labute approximate surface area is 198 Å². The van der Waals surface area contributed by atoms with Crippen LogP contribution in [0, 0.1) is 6.92 Å². The van der Waals surface area contributed by atoms with Crippen LogP contribution >= 0.6 is 11.3 Å². The van der Waals surface area contributed by atoms with E-state index in [1.54, 1.807) is 13.0 Å². The highest BCUT2D eigenvalue weighted by Crippen LogP contribution is 2.33. The maximum atomic E-state index is 12.9. The number of hydrogen-bond donors (Lipinski definition) is 2. The Balaban J connectivity index is 1.47. The molecule has 0 aliphatic carbocycles. The van der Waals surface area contributed by atoms with Crippen LogP contribution in [0.1, 0.15) is 39.3 Å². The van der Waals surface area contributed by atoms with E-state index in [0.717, 1.165) is 48.4 Å².